The standard InChI is InChI=1S/C29H38O3/c1-6-21(2)8-15-25-22(3)9-16-26-28(4,18-7-19-29(25,26)5)20-32-27(31)17-12-23-10-13-24(30)14-11-23/h6,10-14,17,25-26,30H,1-3,7-9,15-16,18-20H2,4-5H3/b17-12+/t25-,26-,28+,29+/m1/s1. The van der Waals surface area contributed by atoms with Gasteiger partial charge in [0, 0.05) is 11.5 Å². The van der Waals surface area contributed by atoms with E-state index in [4.69, 9.17) is 4.74 Å². The Kier molecular flexibility index (Phi) is 7.48. The summed E-state index contributed by atoms with van der Waals surface area (Å²) in [5.74, 6) is 0.874. The van der Waals surface area contributed by atoms with Crippen LogP contribution in [0.1, 0.15) is 64.4 Å². The zero-order chi connectivity index (χ0) is 23.4. The van der Waals surface area contributed by atoms with E-state index in [0.717, 1.165) is 49.7 Å². The number of hydrogen-bond acceptors (Lipinski definition) is 3. The summed E-state index contributed by atoms with van der Waals surface area (Å²) in [6.45, 7) is 17.6. The molecule has 3 rings (SSSR count). The lowest BCUT2D eigenvalue weighted by molar-refractivity contribution is -0.149. The maximum absolute atomic E-state index is 12.4. The van der Waals surface area contributed by atoms with Gasteiger partial charge in [-0.15, -0.1) is 0 Å². The Hall–Kier alpha value is -2.55. The van der Waals surface area contributed by atoms with E-state index in [2.05, 4.69) is 33.6 Å². The lowest BCUT2D eigenvalue weighted by Gasteiger charge is -2.58. The monoisotopic (exact) mass is 434 g/mol. The van der Waals surface area contributed by atoms with Gasteiger partial charge < -0.3 is 9.84 Å². The molecule has 1 N–H and O–H groups in total. The number of aromatic hydroxyl groups is 1. The van der Waals surface area contributed by atoms with Gasteiger partial charge in [-0.2, -0.15) is 0 Å². The van der Waals surface area contributed by atoms with E-state index in [1.54, 1.807) is 30.3 Å². The molecule has 0 amide bonds. The Balaban J connectivity index is 1.68. The third kappa shape index (κ3) is 5.26. The summed E-state index contributed by atoms with van der Waals surface area (Å²) >= 11 is 0. The minimum absolute atomic E-state index is 0.0244. The van der Waals surface area contributed by atoms with Crippen molar-refractivity contribution in [2.24, 2.45) is 22.7 Å². The summed E-state index contributed by atoms with van der Waals surface area (Å²) in [6, 6.07) is 6.74. The first-order chi connectivity index (χ1) is 15.2. The highest BCUT2D eigenvalue weighted by atomic mass is 16.5. The average Bonchev–Trinajstić information content (AvgIpc) is 2.76. The molecular weight excluding hydrogens is 396 g/mol. The van der Waals surface area contributed by atoms with Gasteiger partial charge in [0.05, 0.1) is 6.61 Å². The molecule has 2 aliphatic carbocycles. The van der Waals surface area contributed by atoms with Crippen LogP contribution in [0.2, 0.25) is 0 Å². The third-order valence-corrected chi connectivity index (χ3v) is 8.04. The van der Waals surface area contributed by atoms with Crippen molar-refractivity contribution in [3.05, 3.63) is 72.9 Å². The summed E-state index contributed by atoms with van der Waals surface area (Å²) in [5.41, 5.74) is 3.47. The number of carbonyl (C=O) groups excluding carboxylic acids is 1. The van der Waals surface area contributed by atoms with Gasteiger partial charge in [-0.25, -0.2) is 4.79 Å². The van der Waals surface area contributed by atoms with Crippen LogP contribution in [-0.2, 0) is 9.53 Å². The van der Waals surface area contributed by atoms with Crippen LogP contribution in [-0.4, -0.2) is 17.7 Å². The molecule has 1 aromatic rings. The second kappa shape index (κ2) is 9.94. The minimum Gasteiger partial charge on any atom is -0.508 e. The fourth-order valence-corrected chi connectivity index (χ4v) is 6.26. The summed E-state index contributed by atoms with van der Waals surface area (Å²) in [4.78, 5) is 12.4. The first-order valence-corrected chi connectivity index (χ1v) is 11.8. The molecule has 0 unspecified atom stereocenters. The molecule has 2 saturated carbocycles. The number of phenols is 1. The van der Waals surface area contributed by atoms with E-state index < -0.39 is 0 Å². The van der Waals surface area contributed by atoms with E-state index in [9.17, 15) is 9.90 Å². The van der Waals surface area contributed by atoms with Gasteiger partial charge in [-0.3, -0.25) is 0 Å². The largest absolute Gasteiger partial charge is 0.508 e. The number of esters is 1. The number of rotatable bonds is 8. The molecule has 0 saturated heterocycles. The Labute approximate surface area is 193 Å². The van der Waals surface area contributed by atoms with Crippen molar-refractivity contribution in [1.82, 2.24) is 0 Å². The molecule has 0 spiro atoms. The molecule has 0 radical (unpaired) electrons. The molecule has 3 nitrogen and oxygen atoms in total. The molecule has 0 bridgehead atoms. The van der Waals surface area contributed by atoms with Crippen LogP contribution in [0, 0.1) is 22.7 Å². The molecule has 172 valence electrons. The van der Waals surface area contributed by atoms with Crippen molar-refractivity contribution in [3.63, 3.8) is 0 Å². The quantitative estimate of drug-likeness (QED) is 0.203. The van der Waals surface area contributed by atoms with Crippen LogP contribution in [0.25, 0.3) is 6.08 Å². The van der Waals surface area contributed by atoms with Crippen molar-refractivity contribution in [1.29, 1.82) is 0 Å². The Morgan fingerprint density at radius 3 is 2.66 bits per heavy atom. The van der Waals surface area contributed by atoms with Crippen LogP contribution >= 0.6 is 0 Å². The summed E-state index contributed by atoms with van der Waals surface area (Å²) in [6.07, 6.45) is 12.7. The predicted octanol–water partition coefficient (Wildman–Crippen LogP) is 7.25. The van der Waals surface area contributed by atoms with Crippen molar-refractivity contribution in [3.8, 4) is 5.75 Å². The number of hydrogen-bond donors (Lipinski definition) is 1. The number of ether oxygens (including phenoxy) is 1. The topological polar surface area (TPSA) is 46.5 Å². The maximum atomic E-state index is 12.4. The molecule has 0 heterocycles. The van der Waals surface area contributed by atoms with E-state index in [-0.39, 0.29) is 22.5 Å². The molecular formula is C29H38O3. The van der Waals surface area contributed by atoms with Crippen LogP contribution in [0.3, 0.4) is 0 Å². The van der Waals surface area contributed by atoms with Gasteiger partial charge in [-0.1, -0.05) is 69.4 Å². The number of benzene rings is 1. The van der Waals surface area contributed by atoms with Gasteiger partial charge in [0.1, 0.15) is 5.75 Å². The van der Waals surface area contributed by atoms with E-state index in [1.165, 1.54) is 18.1 Å². The molecule has 1 aromatic carbocycles. The summed E-state index contributed by atoms with van der Waals surface area (Å²) < 4.78 is 5.78. The number of allylic oxidation sites excluding steroid dienone is 3. The molecule has 3 heteroatoms. The minimum atomic E-state index is -0.314. The normalized spacial score (nSPS) is 30.0. The Morgan fingerprint density at radius 1 is 1.25 bits per heavy atom. The van der Waals surface area contributed by atoms with Crippen molar-refractivity contribution < 1.29 is 14.6 Å². The average molecular weight is 435 g/mol. The number of carbonyl (C=O) groups is 1. The fraction of sp³-hybridized carbons (Fsp3) is 0.483. The van der Waals surface area contributed by atoms with Crippen molar-refractivity contribution in [2.75, 3.05) is 6.61 Å². The molecule has 32 heavy (non-hydrogen) atoms. The fourth-order valence-electron chi connectivity index (χ4n) is 6.26. The first kappa shape index (κ1) is 24.1. The zero-order valence-corrected chi connectivity index (χ0v) is 19.7. The molecule has 0 aromatic heterocycles. The number of fused-ring (bicyclic) bond motifs is 1. The van der Waals surface area contributed by atoms with Crippen molar-refractivity contribution >= 4 is 12.0 Å². The van der Waals surface area contributed by atoms with Crippen molar-refractivity contribution in [2.45, 2.75) is 58.8 Å². The Morgan fingerprint density at radius 2 is 1.97 bits per heavy atom. The van der Waals surface area contributed by atoms with E-state index in [0.29, 0.717) is 18.4 Å². The second-order valence-electron chi connectivity index (χ2n) is 10.2. The third-order valence-electron chi connectivity index (χ3n) is 8.04. The molecule has 0 aliphatic heterocycles. The van der Waals surface area contributed by atoms with Gasteiger partial charge in [-0.05, 0) is 79.5 Å². The smallest absolute Gasteiger partial charge is 0.330 e. The highest BCUT2D eigenvalue weighted by Gasteiger charge is 2.54. The number of phenolic OH excluding ortho intramolecular Hbond substituents is 1. The van der Waals surface area contributed by atoms with Crippen LogP contribution < -0.4 is 0 Å². The van der Waals surface area contributed by atoms with Gasteiger partial charge in [0.25, 0.3) is 0 Å². The second-order valence-corrected chi connectivity index (χ2v) is 10.2. The first-order valence-electron chi connectivity index (χ1n) is 11.8. The molecule has 2 aliphatic rings. The highest BCUT2D eigenvalue weighted by Crippen LogP contribution is 2.62. The van der Waals surface area contributed by atoms with Crippen LogP contribution in [0.5, 0.6) is 5.75 Å². The van der Waals surface area contributed by atoms with E-state index in [1.807, 2.05) is 6.08 Å². The van der Waals surface area contributed by atoms with Gasteiger partial charge in [0.2, 0.25) is 0 Å². The summed E-state index contributed by atoms with van der Waals surface area (Å²) in [5, 5.41) is 9.39. The SMILES string of the molecule is C=CC(=C)CC[C@@H]1C(=C)CC[C@@H]2[C@](C)(COC(=O)/C=C/c3ccc(O)cc3)CCC[C@@]12C. The van der Waals surface area contributed by atoms with Gasteiger partial charge in [0.15, 0.2) is 0 Å². The zero-order valence-electron chi connectivity index (χ0n) is 19.7. The van der Waals surface area contributed by atoms with E-state index >= 15 is 0 Å². The predicted molar refractivity (Wildman–Crippen MR) is 132 cm³/mol. The Bertz CT molecular complexity index is 893. The van der Waals surface area contributed by atoms with Crippen LogP contribution in [0.4, 0.5) is 0 Å². The van der Waals surface area contributed by atoms with Crippen LogP contribution in [0.15, 0.2) is 67.3 Å². The highest BCUT2D eigenvalue weighted by molar-refractivity contribution is 5.87. The lowest BCUT2D eigenvalue weighted by Crippen LogP contribution is -2.52. The molecule has 4 atom stereocenters. The summed E-state index contributed by atoms with van der Waals surface area (Å²) in [7, 11) is 0. The maximum Gasteiger partial charge on any atom is 0.330 e. The molecule has 2 fully saturated rings. The lowest BCUT2D eigenvalue weighted by atomic mass is 9.47. The van der Waals surface area contributed by atoms with Gasteiger partial charge >= 0.3 is 5.97 Å².